The van der Waals surface area contributed by atoms with Gasteiger partial charge < -0.3 is 9.05 Å². The van der Waals surface area contributed by atoms with Gasteiger partial charge in [0.15, 0.2) is 9.03 Å². The van der Waals surface area contributed by atoms with E-state index in [0.29, 0.717) is 5.56 Å². The zero-order chi connectivity index (χ0) is 10.7. The predicted molar refractivity (Wildman–Crippen MR) is 56.3 cm³/mol. The molecule has 1 aromatic carbocycles. The van der Waals surface area contributed by atoms with Gasteiger partial charge in [0.25, 0.3) is 0 Å². The fraction of sp³-hybridized carbons (Fsp3) is 0.364. The Morgan fingerprint density at radius 1 is 1.20 bits per heavy atom. The lowest BCUT2D eigenvalue weighted by Gasteiger charge is -2.49. The highest BCUT2D eigenvalue weighted by Crippen LogP contribution is 2.66. The minimum absolute atomic E-state index is 0.0848. The van der Waals surface area contributed by atoms with Gasteiger partial charge in [-0.05, 0) is 37.1 Å². The molecule has 0 spiro atoms. The number of fused-ring (bicyclic) bond motifs is 4. The summed E-state index contributed by atoms with van der Waals surface area (Å²) in [4.78, 5) is 0. The molecule has 4 heteroatoms. The molecule has 3 rings (SSSR count). The number of nitrogens with zero attached hydrogens (tertiary/aromatic N) is 1. The second kappa shape index (κ2) is 2.59. The molecule has 1 fully saturated rings. The Labute approximate surface area is 90.0 Å². The average molecular weight is 219 g/mol. The van der Waals surface area contributed by atoms with Gasteiger partial charge in [0, 0.05) is 0 Å². The lowest BCUT2D eigenvalue weighted by molar-refractivity contribution is -0.0690. The molecule has 3 atom stereocenters. The number of rotatable bonds is 0. The molecule has 1 heterocycles. The van der Waals surface area contributed by atoms with Gasteiger partial charge in [0.05, 0.1) is 11.6 Å². The minimum atomic E-state index is -0.367. The maximum absolute atomic E-state index is 8.85. The Morgan fingerprint density at radius 2 is 1.87 bits per heavy atom. The van der Waals surface area contributed by atoms with Crippen molar-refractivity contribution in [3.8, 4) is 6.07 Å². The number of hydrogen-bond donors (Lipinski definition) is 0. The van der Waals surface area contributed by atoms with Gasteiger partial charge in [-0.25, -0.2) is 0 Å². The first kappa shape index (κ1) is 9.30. The summed E-state index contributed by atoms with van der Waals surface area (Å²) in [5.41, 5.74) is 2.22. The van der Waals surface area contributed by atoms with Gasteiger partial charge in [0.2, 0.25) is 0 Å². The Morgan fingerprint density at radius 3 is 2.53 bits per heavy atom. The molecule has 15 heavy (non-hydrogen) atoms. The number of hydrogen-bond acceptors (Lipinski definition) is 3. The molecular weight excluding hydrogens is 209 g/mol. The van der Waals surface area contributed by atoms with E-state index in [-0.39, 0.29) is 20.2 Å². The molecule has 0 saturated carbocycles. The molecule has 1 aliphatic heterocycles. The van der Waals surface area contributed by atoms with Gasteiger partial charge in [0.1, 0.15) is 11.2 Å². The first-order valence-corrected chi connectivity index (χ1v) is 5.59. The van der Waals surface area contributed by atoms with Crippen molar-refractivity contribution in [2.75, 3.05) is 0 Å². The maximum Gasteiger partial charge on any atom is 0.157 e. The molecule has 76 valence electrons. The molecular formula is C11H10NO2P. The van der Waals surface area contributed by atoms with Crippen molar-refractivity contribution in [1.82, 2.24) is 0 Å². The van der Waals surface area contributed by atoms with Crippen molar-refractivity contribution >= 4 is 9.03 Å². The fourth-order valence-corrected chi connectivity index (χ4v) is 3.35. The van der Waals surface area contributed by atoms with Crippen molar-refractivity contribution in [2.45, 2.75) is 25.0 Å². The van der Waals surface area contributed by atoms with Crippen molar-refractivity contribution in [3.05, 3.63) is 34.9 Å². The molecule has 0 bridgehead atoms. The third kappa shape index (κ3) is 0.862. The molecule has 3 unspecified atom stereocenters. The van der Waals surface area contributed by atoms with Crippen LogP contribution in [-0.2, 0) is 20.2 Å². The highest BCUT2D eigenvalue weighted by molar-refractivity contribution is 7.26. The van der Waals surface area contributed by atoms with Crippen molar-refractivity contribution in [2.24, 2.45) is 0 Å². The summed E-state index contributed by atoms with van der Waals surface area (Å²) < 4.78 is 11.3. The van der Waals surface area contributed by atoms with Crippen molar-refractivity contribution in [1.29, 1.82) is 5.26 Å². The summed E-state index contributed by atoms with van der Waals surface area (Å²) >= 11 is 0. The molecule has 3 nitrogen and oxygen atoms in total. The normalized spacial score (nSPS) is 37.9. The third-order valence-corrected chi connectivity index (χ3v) is 4.56. The Bertz CT molecular complexity index is 496. The highest BCUT2D eigenvalue weighted by atomic mass is 31.1. The average Bonchev–Trinajstić information content (AvgIpc) is 2.51. The van der Waals surface area contributed by atoms with Crippen molar-refractivity contribution < 1.29 is 9.05 Å². The largest absolute Gasteiger partial charge is 0.322 e. The van der Waals surface area contributed by atoms with E-state index in [1.165, 1.54) is 0 Å². The van der Waals surface area contributed by atoms with E-state index in [4.69, 9.17) is 14.3 Å². The maximum atomic E-state index is 8.85. The molecule has 0 aromatic heterocycles. The van der Waals surface area contributed by atoms with Crippen LogP contribution in [0.1, 0.15) is 30.5 Å². The lowest BCUT2D eigenvalue weighted by Crippen LogP contribution is -2.52. The van der Waals surface area contributed by atoms with E-state index in [0.717, 1.165) is 11.1 Å². The summed E-state index contributed by atoms with van der Waals surface area (Å²) in [6, 6.07) is 7.84. The van der Waals surface area contributed by atoms with Crippen LogP contribution < -0.4 is 0 Å². The summed E-state index contributed by atoms with van der Waals surface area (Å²) in [6.07, 6.45) is 0. The van der Waals surface area contributed by atoms with Gasteiger partial charge >= 0.3 is 0 Å². The van der Waals surface area contributed by atoms with Crippen LogP contribution >= 0.6 is 9.03 Å². The van der Waals surface area contributed by atoms with Crippen LogP contribution in [0.15, 0.2) is 18.2 Å². The highest BCUT2D eigenvalue weighted by Gasteiger charge is 2.64. The van der Waals surface area contributed by atoms with Crippen LogP contribution in [0.25, 0.3) is 0 Å². The van der Waals surface area contributed by atoms with E-state index in [1.54, 1.807) is 0 Å². The van der Waals surface area contributed by atoms with E-state index in [1.807, 2.05) is 32.0 Å². The number of benzene rings is 1. The second-order valence-corrected chi connectivity index (χ2v) is 4.80. The fourth-order valence-electron chi connectivity index (χ4n) is 2.37. The number of nitriles is 1. The standard InChI is InChI=1S/C11H10NO2P/c1-10-8-4-3-7(6-12)5-9(8)11(10,2)14-15-13-10/h3-5,15H,1-2H3. The summed E-state index contributed by atoms with van der Waals surface area (Å²) in [5, 5.41) is 8.85. The summed E-state index contributed by atoms with van der Waals surface area (Å²) in [6.45, 7) is 4.07. The molecule has 2 aliphatic rings. The Hall–Kier alpha value is -0.940. The van der Waals surface area contributed by atoms with Gasteiger partial charge in [-0.2, -0.15) is 5.26 Å². The van der Waals surface area contributed by atoms with Gasteiger partial charge in [-0.3, -0.25) is 0 Å². The molecule has 0 amide bonds. The smallest absolute Gasteiger partial charge is 0.157 e. The third-order valence-electron chi connectivity index (χ3n) is 3.58. The van der Waals surface area contributed by atoms with Crippen LogP contribution in [-0.4, -0.2) is 0 Å². The SMILES string of the molecule is CC12OPOC1(C)c1cc(C#N)ccc12. The molecule has 1 aliphatic carbocycles. The topological polar surface area (TPSA) is 42.2 Å². The zero-order valence-electron chi connectivity index (χ0n) is 8.50. The molecule has 0 radical (unpaired) electrons. The Kier molecular flexibility index (Phi) is 1.61. The zero-order valence-corrected chi connectivity index (χ0v) is 9.50. The van der Waals surface area contributed by atoms with E-state index in [2.05, 4.69) is 6.07 Å². The molecule has 0 N–H and O–H groups in total. The predicted octanol–water partition coefficient (Wildman–Crippen LogP) is 2.56. The lowest BCUT2D eigenvalue weighted by atomic mass is 9.62. The molecule has 1 aromatic rings. The second-order valence-electron chi connectivity index (χ2n) is 4.23. The van der Waals surface area contributed by atoms with Gasteiger partial charge in [-0.1, -0.05) is 6.07 Å². The van der Waals surface area contributed by atoms with E-state index >= 15 is 0 Å². The van der Waals surface area contributed by atoms with Crippen LogP contribution in [0.5, 0.6) is 0 Å². The summed E-state index contributed by atoms with van der Waals surface area (Å²) in [5.74, 6) is 0. The molecule has 1 saturated heterocycles. The van der Waals surface area contributed by atoms with E-state index < -0.39 is 0 Å². The van der Waals surface area contributed by atoms with Crippen molar-refractivity contribution in [3.63, 3.8) is 0 Å². The minimum Gasteiger partial charge on any atom is -0.322 e. The van der Waals surface area contributed by atoms with Gasteiger partial charge in [-0.15, -0.1) is 0 Å². The first-order chi connectivity index (χ1) is 7.12. The quantitative estimate of drug-likeness (QED) is 0.630. The Balaban J connectivity index is 2.22. The monoisotopic (exact) mass is 219 g/mol. The van der Waals surface area contributed by atoms with E-state index in [9.17, 15) is 0 Å². The van der Waals surface area contributed by atoms with Crippen LogP contribution in [0.3, 0.4) is 0 Å². The first-order valence-electron chi connectivity index (χ1n) is 4.78. The van der Waals surface area contributed by atoms with Crippen LogP contribution in [0, 0.1) is 11.3 Å². The van der Waals surface area contributed by atoms with Crippen LogP contribution in [0.4, 0.5) is 0 Å². The van der Waals surface area contributed by atoms with Crippen LogP contribution in [0.2, 0.25) is 0 Å². The summed E-state index contributed by atoms with van der Waals surface area (Å²) in [7, 11) is 0.0848.